The summed E-state index contributed by atoms with van der Waals surface area (Å²) in [6.07, 6.45) is 0. The standard InChI is InChI=1S/C58H39N/c1-2-11-40(12-3-1)48-16-10-17-52(38-48)59(51-33-29-43(30-34-51)49-27-23-41-13-4-5-15-47(41)37-49)58-20-9-8-19-54(58)45-24-21-42(22-25-45)50-28-26-46-32-35-55-53-18-7-6-14-44(53)31-36-56(55)57(46)39-50/h1-39H. The summed E-state index contributed by atoms with van der Waals surface area (Å²) in [6.45, 7) is 0. The zero-order valence-electron chi connectivity index (χ0n) is 32.5. The van der Waals surface area contributed by atoms with E-state index in [2.05, 4.69) is 241 Å². The number of rotatable bonds is 7. The zero-order chi connectivity index (χ0) is 39.1. The summed E-state index contributed by atoms with van der Waals surface area (Å²) in [6, 6.07) is 86.3. The highest BCUT2D eigenvalue weighted by Crippen LogP contribution is 2.43. The van der Waals surface area contributed by atoms with E-state index in [0.717, 1.165) is 17.1 Å². The van der Waals surface area contributed by atoms with Crippen LogP contribution in [0, 0.1) is 0 Å². The molecule has 0 radical (unpaired) electrons. The number of anilines is 3. The second kappa shape index (κ2) is 14.6. The molecule has 0 aliphatic heterocycles. The molecule has 0 N–H and O–H groups in total. The molecular formula is C58H39N. The van der Waals surface area contributed by atoms with E-state index in [4.69, 9.17) is 0 Å². The summed E-state index contributed by atoms with van der Waals surface area (Å²) in [5, 5.41) is 10.2. The second-order valence-corrected chi connectivity index (χ2v) is 15.3. The van der Waals surface area contributed by atoms with Crippen molar-refractivity contribution in [1.29, 1.82) is 0 Å². The highest BCUT2D eigenvalue weighted by Gasteiger charge is 2.18. The Bertz CT molecular complexity index is 3310. The SMILES string of the molecule is c1ccc(-c2cccc(N(c3ccc(-c4ccc5ccccc5c4)cc3)c3ccccc3-c3ccc(-c4ccc5ccc6c7ccccc7ccc6c5c4)cc3)c2)cc1. The molecule has 0 atom stereocenters. The summed E-state index contributed by atoms with van der Waals surface area (Å²) in [7, 11) is 0. The van der Waals surface area contributed by atoms with Gasteiger partial charge < -0.3 is 4.90 Å². The van der Waals surface area contributed by atoms with Gasteiger partial charge in [-0.15, -0.1) is 0 Å². The smallest absolute Gasteiger partial charge is 0.0540 e. The first-order valence-electron chi connectivity index (χ1n) is 20.3. The van der Waals surface area contributed by atoms with Crippen LogP contribution in [0.1, 0.15) is 0 Å². The van der Waals surface area contributed by atoms with Crippen LogP contribution in [0.3, 0.4) is 0 Å². The topological polar surface area (TPSA) is 3.24 Å². The Kier molecular flexibility index (Phi) is 8.56. The molecule has 11 aromatic carbocycles. The van der Waals surface area contributed by atoms with E-state index in [1.165, 1.54) is 87.6 Å². The number of hydrogen-bond donors (Lipinski definition) is 0. The van der Waals surface area contributed by atoms with Crippen LogP contribution in [0.4, 0.5) is 17.1 Å². The van der Waals surface area contributed by atoms with Gasteiger partial charge in [0, 0.05) is 16.9 Å². The molecule has 0 bridgehead atoms. The predicted molar refractivity (Wildman–Crippen MR) is 253 cm³/mol. The average molecular weight is 750 g/mol. The van der Waals surface area contributed by atoms with Crippen molar-refractivity contribution in [3.8, 4) is 44.5 Å². The van der Waals surface area contributed by atoms with Gasteiger partial charge in [0.2, 0.25) is 0 Å². The van der Waals surface area contributed by atoms with Gasteiger partial charge in [-0.3, -0.25) is 0 Å². The fraction of sp³-hybridized carbons (Fsp3) is 0. The number of fused-ring (bicyclic) bond motifs is 6. The number of hydrogen-bond acceptors (Lipinski definition) is 1. The summed E-state index contributed by atoms with van der Waals surface area (Å²) >= 11 is 0. The molecule has 59 heavy (non-hydrogen) atoms. The first-order chi connectivity index (χ1) is 29.2. The fourth-order valence-corrected chi connectivity index (χ4v) is 8.81. The van der Waals surface area contributed by atoms with Crippen molar-refractivity contribution < 1.29 is 0 Å². The third kappa shape index (κ3) is 6.40. The quantitative estimate of drug-likeness (QED) is 0.147. The maximum atomic E-state index is 2.40. The zero-order valence-corrected chi connectivity index (χ0v) is 32.5. The first kappa shape index (κ1) is 34.5. The maximum Gasteiger partial charge on any atom is 0.0540 e. The lowest BCUT2D eigenvalue weighted by Gasteiger charge is -2.28. The maximum absolute atomic E-state index is 2.40. The van der Waals surface area contributed by atoms with Gasteiger partial charge in [0.25, 0.3) is 0 Å². The van der Waals surface area contributed by atoms with Crippen molar-refractivity contribution in [2.45, 2.75) is 0 Å². The second-order valence-electron chi connectivity index (χ2n) is 15.3. The van der Waals surface area contributed by atoms with E-state index in [-0.39, 0.29) is 0 Å². The lowest BCUT2D eigenvalue weighted by molar-refractivity contribution is 1.28. The number of nitrogens with zero attached hydrogens (tertiary/aromatic N) is 1. The minimum absolute atomic E-state index is 1.10. The van der Waals surface area contributed by atoms with Crippen molar-refractivity contribution in [1.82, 2.24) is 0 Å². The Morgan fingerprint density at radius 1 is 0.220 bits per heavy atom. The fourth-order valence-electron chi connectivity index (χ4n) is 8.81. The van der Waals surface area contributed by atoms with Gasteiger partial charge in [0.15, 0.2) is 0 Å². The van der Waals surface area contributed by atoms with E-state index in [9.17, 15) is 0 Å². The lowest BCUT2D eigenvalue weighted by Crippen LogP contribution is -2.11. The molecular weight excluding hydrogens is 711 g/mol. The van der Waals surface area contributed by atoms with E-state index in [1.807, 2.05) is 0 Å². The molecule has 0 fully saturated rings. The molecule has 0 aliphatic rings. The van der Waals surface area contributed by atoms with E-state index in [0.29, 0.717) is 0 Å². The Hall–Kier alpha value is -7.74. The molecule has 0 amide bonds. The first-order valence-corrected chi connectivity index (χ1v) is 20.3. The van der Waals surface area contributed by atoms with Gasteiger partial charge in [-0.25, -0.2) is 0 Å². The lowest BCUT2D eigenvalue weighted by atomic mass is 9.93. The van der Waals surface area contributed by atoms with E-state index >= 15 is 0 Å². The predicted octanol–water partition coefficient (Wildman–Crippen LogP) is 16.4. The normalized spacial score (nSPS) is 11.4. The molecule has 0 saturated heterocycles. The van der Waals surface area contributed by atoms with Crippen molar-refractivity contribution in [3.63, 3.8) is 0 Å². The summed E-state index contributed by atoms with van der Waals surface area (Å²) in [4.78, 5) is 2.40. The Morgan fingerprint density at radius 2 is 0.729 bits per heavy atom. The van der Waals surface area contributed by atoms with Crippen molar-refractivity contribution >= 4 is 60.2 Å². The monoisotopic (exact) mass is 749 g/mol. The molecule has 1 nitrogen and oxygen atoms in total. The van der Waals surface area contributed by atoms with Gasteiger partial charge in [-0.1, -0.05) is 194 Å². The molecule has 0 saturated carbocycles. The molecule has 276 valence electrons. The van der Waals surface area contributed by atoms with Gasteiger partial charge in [-0.2, -0.15) is 0 Å². The highest BCUT2D eigenvalue weighted by atomic mass is 15.1. The van der Waals surface area contributed by atoms with Crippen LogP contribution in [0.5, 0.6) is 0 Å². The minimum atomic E-state index is 1.10. The largest absolute Gasteiger partial charge is 0.310 e. The molecule has 0 unspecified atom stereocenters. The van der Waals surface area contributed by atoms with Crippen LogP contribution >= 0.6 is 0 Å². The summed E-state index contributed by atoms with van der Waals surface area (Å²) in [5.74, 6) is 0. The third-order valence-electron chi connectivity index (χ3n) is 11.8. The summed E-state index contributed by atoms with van der Waals surface area (Å²) in [5.41, 5.74) is 12.8. The van der Waals surface area contributed by atoms with Gasteiger partial charge in [0.05, 0.1) is 5.69 Å². The van der Waals surface area contributed by atoms with Crippen LogP contribution in [0.2, 0.25) is 0 Å². The van der Waals surface area contributed by atoms with Gasteiger partial charge >= 0.3 is 0 Å². The van der Waals surface area contributed by atoms with E-state index < -0.39 is 0 Å². The van der Waals surface area contributed by atoms with Crippen LogP contribution in [-0.2, 0) is 0 Å². The van der Waals surface area contributed by atoms with Gasteiger partial charge in [-0.05, 0) is 124 Å². The molecule has 0 spiro atoms. The summed E-state index contributed by atoms with van der Waals surface area (Å²) < 4.78 is 0. The minimum Gasteiger partial charge on any atom is -0.310 e. The van der Waals surface area contributed by atoms with Gasteiger partial charge in [0.1, 0.15) is 0 Å². The number of para-hydroxylation sites is 1. The van der Waals surface area contributed by atoms with Crippen LogP contribution in [0.15, 0.2) is 237 Å². The Balaban J connectivity index is 0.991. The highest BCUT2D eigenvalue weighted by molar-refractivity contribution is 6.17. The molecule has 11 aromatic rings. The molecule has 0 aliphatic carbocycles. The van der Waals surface area contributed by atoms with Crippen LogP contribution in [-0.4, -0.2) is 0 Å². The Morgan fingerprint density at radius 3 is 1.53 bits per heavy atom. The molecule has 1 heteroatoms. The van der Waals surface area contributed by atoms with Crippen molar-refractivity contribution in [3.05, 3.63) is 237 Å². The molecule has 0 aromatic heterocycles. The number of benzene rings is 11. The third-order valence-corrected chi connectivity index (χ3v) is 11.8. The van der Waals surface area contributed by atoms with E-state index in [1.54, 1.807) is 0 Å². The average Bonchev–Trinajstić information content (AvgIpc) is 3.32. The van der Waals surface area contributed by atoms with Crippen molar-refractivity contribution in [2.24, 2.45) is 0 Å². The molecule has 0 heterocycles. The molecule has 11 rings (SSSR count). The Labute approximate surface area is 344 Å². The van der Waals surface area contributed by atoms with Crippen LogP contribution < -0.4 is 4.90 Å². The van der Waals surface area contributed by atoms with Crippen molar-refractivity contribution in [2.75, 3.05) is 4.90 Å². The van der Waals surface area contributed by atoms with Crippen LogP contribution in [0.25, 0.3) is 87.6 Å².